The molecule has 2 heterocycles. The molecule has 0 bridgehead atoms. The Morgan fingerprint density at radius 3 is 2.72 bits per heavy atom. The topological polar surface area (TPSA) is 76.0 Å². The normalized spacial score (nSPS) is 52.6. The Morgan fingerprint density at radius 2 is 2.00 bits per heavy atom. The molecule has 0 aromatic heterocycles. The number of carbonyl (C=O) groups is 1. The third-order valence-electron chi connectivity index (χ3n) is 8.25. The Balaban J connectivity index is 1.66. The molecule has 0 radical (unpaired) electrons. The fraction of sp³-hybridized carbons (Fsp3) is 0.950. The number of hydrogen-bond acceptors (Lipinski definition) is 5. The van der Waals surface area contributed by atoms with Crippen LogP contribution in [0.1, 0.15) is 52.4 Å². The van der Waals surface area contributed by atoms with Crippen molar-refractivity contribution in [2.45, 2.75) is 64.6 Å². The lowest BCUT2D eigenvalue weighted by atomic mass is 9.43. The third kappa shape index (κ3) is 2.57. The highest BCUT2D eigenvalue weighted by Gasteiger charge is 2.67. The minimum Gasteiger partial charge on any atom is -0.465 e. The van der Waals surface area contributed by atoms with E-state index in [-0.39, 0.29) is 34.6 Å². The second-order valence-electron chi connectivity index (χ2n) is 9.35. The van der Waals surface area contributed by atoms with Gasteiger partial charge in [-0.1, -0.05) is 13.8 Å². The van der Waals surface area contributed by atoms with E-state index in [0.29, 0.717) is 31.8 Å². The van der Waals surface area contributed by atoms with Crippen LogP contribution >= 0.6 is 0 Å². The minimum atomic E-state index is -0.441. The zero-order valence-corrected chi connectivity index (χ0v) is 15.4. The molecule has 2 saturated heterocycles. The molecule has 2 aliphatic carbocycles. The summed E-state index contributed by atoms with van der Waals surface area (Å²) in [7, 11) is 0. The Bertz CT molecular complexity index is 530. The van der Waals surface area contributed by atoms with Gasteiger partial charge in [-0.3, -0.25) is 4.79 Å². The molecule has 0 aromatic rings. The zero-order valence-electron chi connectivity index (χ0n) is 15.4. The number of esters is 1. The lowest BCUT2D eigenvalue weighted by Crippen LogP contribution is -2.63. The monoisotopic (exact) mass is 352 g/mol. The Hall–Kier alpha value is -0.650. The van der Waals surface area contributed by atoms with Crippen molar-refractivity contribution in [1.82, 2.24) is 0 Å². The predicted molar refractivity (Wildman–Crippen MR) is 91.7 cm³/mol. The van der Waals surface area contributed by atoms with Crippen LogP contribution in [0.4, 0.5) is 0 Å². The van der Waals surface area contributed by atoms with Gasteiger partial charge in [-0.25, -0.2) is 0 Å². The average Bonchev–Trinajstić information content (AvgIpc) is 3.19. The standard InChI is InChI=1S/C20H32O5/c1-12-16(22)9-20-11-25-18(23)14(20)3-4-15(21)17(20)19(12,2)7-5-13-6-8-24-10-13/h12-17,21-22H,3-11H2,1-2H3/t12-,13-,14-,15+,16-,17-,19+,20-/m1/s1. The van der Waals surface area contributed by atoms with Gasteiger partial charge in [-0.05, 0) is 55.8 Å². The predicted octanol–water partition coefficient (Wildman–Crippen LogP) is 2.14. The first-order valence-corrected chi connectivity index (χ1v) is 9.99. The molecule has 2 aliphatic heterocycles. The quantitative estimate of drug-likeness (QED) is 0.761. The van der Waals surface area contributed by atoms with Crippen LogP contribution in [0.3, 0.4) is 0 Å². The van der Waals surface area contributed by atoms with Gasteiger partial charge in [0.25, 0.3) is 0 Å². The number of carbonyl (C=O) groups excluding carboxylic acids is 1. The van der Waals surface area contributed by atoms with Gasteiger partial charge in [0.1, 0.15) is 0 Å². The Kier molecular flexibility index (Phi) is 4.41. The first-order chi connectivity index (χ1) is 11.9. The lowest BCUT2D eigenvalue weighted by Gasteiger charge is -2.61. The van der Waals surface area contributed by atoms with Crippen LogP contribution in [0.15, 0.2) is 0 Å². The highest BCUT2D eigenvalue weighted by Crippen LogP contribution is 2.65. The molecule has 2 saturated carbocycles. The van der Waals surface area contributed by atoms with E-state index in [1.165, 1.54) is 0 Å². The molecule has 4 rings (SSSR count). The molecule has 4 aliphatic rings. The van der Waals surface area contributed by atoms with Crippen LogP contribution in [0, 0.1) is 34.5 Å². The van der Waals surface area contributed by atoms with Crippen molar-refractivity contribution < 1.29 is 24.5 Å². The van der Waals surface area contributed by atoms with Gasteiger partial charge in [-0.15, -0.1) is 0 Å². The first kappa shape index (κ1) is 17.7. The van der Waals surface area contributed by atoms with Gasteiger partial charge in [0, 0.05) is 24.5 Å². The van der Waals surface area contributed by atoms with Crippen LogP contribution in [-0.4, -0.2) is 48.2 Å². The summed E-state index contributed by atoms with van der Waals surface area (Å²) in [5, 5.41) is 21.9. The summed E-state index contributed by atoms with van der Waals surface area (Å²) in [4.78, 5) is 12.3. The van der Waals surface area contributed by atoms with Gasteiger partial charge in [0.15, 0.2) is 0 Å². The van der Waals surface area contributed by atoms with Gasteiger partial charge in [0.05, 0.1) is 24.7 Å². The van der Waals surface area contributed by atoms with Crippen molar-refractivity contribution in [3.8, 4) is 0 Å². The van der Waals surface area contributed by atoms with E-state index in [2.05, 4.69) is 13.8 Å². The summed E-state index contributed by atoms with van der Waals surface area (Å²) in [6, 6.07) is 0. The maximum atomic E-state index is 12.3. The van der Waals surface area contributed by atoms with Crippen molar-refractivity contribution in [1.29, 1.82) is 0 Å². The van der Waals surface area contributed by atoms with E-state index in [0.717, 1.165) is 32.5 Å². The molecule has 8 atom stereocenters. The summed E-state index contributed by atoms with van der Waals surface area (Å²) in [6.45, 7) is 6.40. The van der Waals surface area contributed by atoms with E-state index in [9.17, 15) is 15.0 Å². The molecule has 2 N–H and O–H groups in total. The molecule has 0 amide bonds. The number of aliphatic hydroxyl groups excluding tert-OH is 2. The molecular weight excluding hydrogens is 320 g/mol. The number of aliphatic hydroxyl groups is 2. The maximum Gasteiger partial charge on any atom is 0.309 e. The third-order valence-corrected chi connectivity index (χ3v) is 8.25. The van der Waals surface area contributed by atoms with Crippen molar-refractivity contribution in [2.75, 3.05) is 19.8 Å². The number of hydrogen-bond donors (Lipinski definition) is 2. The summed E-state index contributed by atoms with van der Waals surface area (Å²) >= 11 is 0. The SMILES string of the molecule is C[C@@H]1[C@H](O)C[C@@]23COC(=O)[C@H]2CC[C@H](O)[C@@H]3[C@@]1(C)CC[C@@H]1CCOC1. The Morgan fingerprint density at radius 1 is 1.20 bits per heavy atom. The van der Waals surface area contributed by atoms with Crippen LogP contribution in [0.25, 0.3) is 0 Å². The van der Waals surface area contributed by atoms with Crippen LogP contribution in [-0.2, 0) is 14.3 Å². The highest BCUT2D eigenvalue weighted by molar-refractivity contribution is 5.76. The fourth-order valence-electron chi connectivity index (χ4n) is 6.66. The molecule has 0 unspecified atom stereocenters. The summed E-state index contributed by atoms with van der Waals surface area (Å²) < 4.78 is 11.0. The van der Waals surface area contributed by atoms with Gasteiger partial charge >= 0.3 is 5.97 Å². The first-order valence-electron chi connectivity index (χ1n) is 9.99. The lowest BCUT2D eigenvalue weighted by molar-refractivity contribution is -0.198. The van der Waals surface area contributed by atoms with Gasteiger partial charge < -0.3 is 19.7 Å². The summed E-state index contributed by atoms with van der Waals surface area (Å²) in [5.74, 6) is 0.430. The van der Waals surface area contributed by atoms with Crippen molar-refractivity contribution in [3.05, 3.63) is 0 Å². The van der Waals surface area contributed by atoms with Crippen molar-refractivity contribution in [2.24, 2.45) is 34.5 Å². The highest BCUT2D eigenvalue weighted by atomic mass is 16.5. The van der Waals surface area contributed by atoms with Crippen molar-refractivity contribution >= 4 is 5.97 Å². The van der Waals surface area contributed by atoms with Gasteiger partial charge in [-0.2, -0.15) is 0 Å². The largest absolute Gasteiger partial charge is 0.465 e. The maximum absolute atomic E-state index is 12.3. The van der Waals surface area contributed by atoms with E-state index >= 15 is 0 Å². The zero-order chi connectivity index (χ0) is 17.8. The molecule has 25 heavy (non-hydrogen) atoms. The van der Waals surface area contributed by atoms with Crippen LogP contribution in [0.2, 0.25) is 0 Å². The number of rotatable bonds is 3. The summed E-state index contributed by atoms with van der Waals surface area (Å²) in [6.07, 6.45) is 4.20. The van der Waals surface area contributed by atoms with E-state index in [4.69, 9.17) is 9.47 Å². The molecule has 5 heteroatoms. The molecule has 5 nitrogen and oxygen atoms in total. The average molecular weight is 352 g/mol. The van der Waals surface area contributed by atoms with E-state index in [1.54, 1.807) is 0 Å². The molecule has 142 valence electrons. The molecular formula is C20H32O5. The second-order valence-corrected chi connectivity index (χ2v) is 9.35. The number of ether oxygens (including phenoxy) is 2. The van der Waals surface area contributed by atoms with Crippen molar-refractivity contribution in [3.63, 3.8) is 0 Å². The van der Waals surface area contributed by atoms with E-state index in [1.807, 2.05) is 0 Å². The molecule has 1 spiro atoms. The number of cyclic esters (lactones) is 1. The van der Waals surface area contributed by atoms with Gasteiger partial charge in [0.2, 0.25) is 0 Å². The smallest absolute Gasteiger partial charge is 0.309 e. The van der Waals surface area contributed by atoms with Crippen LogP contribution < -0.4 is 0 Å². The minimum absolute atomic E-state index is 0.0194. The second kappa shape index (κ2) is 6.21. The summed E-state index contributed by atoms with van der Waals surface area (Å²) in [5.41, 5.74) is -0.575. The fourth-order valence-corrected chi connectivity index (χ4v) is 6.66. The van der Waals surface area contributed by atoms with Crippen LogP contribution in [0.5, 0.6) is 0 Å². The molecule has 0 aromatic carbocycles. The molecule has 4 fully saturated rings. The van der Waals surface area contributed by atoms with E-state index < -0.39 is 12.2 Å². The Labute approximate surface area is 150 Å².